The molecule has 0 aromatic heterocycles. The van der Waals surface area contributed by atoms with Crippen LogP contribution in [-0.2, 0) is 4.79 Å². The van der Waals surface area contributed by atoms with E-state index < -0.39 is 0 Å². The predicted molar refractivity (Wildman–Crippen MR) is 112 cm³/mol. The van der Waals surface area contributed by atoms with Crippen molar-refractivity contribution in [2.24, 2.45) is 0 Å². The largest absolute Gasteiger partial charge is 0.497 e. The summed E-state index contributed by atoms with van der Waals surface area (Å²) in [5.74, 6) is 0.628. The average molecular weight is 432 g/mol. The minimum absolute atomic E-state index is 0.111. The molecule has 0 atom stereocenters. The summed E-state index contributed by atoms with van der Waals surface area (Å²) in [5.41, 5.74) is 1.80. The lowest BCUT2D eigenvalue weighted by molar-refractivity contribution is -0.113. The van der Waals surface area contributed by atoms with E-state index in [4.69, 9.17) is 17.0 Å². The summed E-state index contributed by atoms with van der Waals surface area (Å²) < 4.78 is 6.70. The third-order valence-corrected chi connectivity index (χ3v) is 5.38. The minimum Gasteiger partial charge on any atom is -0.497 e. The van der Waals surface area contributed by atoms with Crippen LogP contribution in [0.4, 0.5) is 5.69 Å². The molecule has 25 heavy (non-hydrogen) atoms. The summed E-state index contributed by atoms with van der Waals surface area (Å²) in [7, 11) is 1.61. The molecule has 1 amide bonds. The first-order valence-corrected chi connectivity index (χ1v) is 9.44. The van der Waals surface area contributed by atoms with Gasteiger partial charge in [-0.15, -0.1) is 0 Å². The van der Waals surface area contributed by atoms with E-state index in [1.54, 1.807) is 18.1 Å². The number of benzene rings is 2. The van der Waals surface area contributed by atoms with Crippen molar-refractivity contribution < 1.29 is 9.53 Å². The Labute approximate surface area is 164 Å². The summed E-state index contributed by atoms with van der Waals surface area (Å²) in [5, 5.41) is 0. The van der Waals surface area contributed by atoms with Crippen molar-refractivity contribution in [3.63, 3.8) is 0 Å². The second-order valence-corrected chi connectivity index (χ2v) is 7.74. The maximum atomic E-state index is 12.6. The second-order valence-electron chi connectivity index (χ2n) is 5.15. The molecule has 3 rings (SSSR count). The molecule has 126 valence electrons. The molecule has 1 heterocycles. The van der Waals surface area contributed by atoms with Crippen LogP contribution in [0, 0.1) is 0 Å². The SMILES string of the molecule is COc1ccc(N2C(=O)/C(=C\C=C\c3ccc(Br)cc3)SC2=S)cc1. The number of carbonyl (C=O) groups is 1. The summed E-state index contributed by atoms with van der Waals surface area (Å²) >= 11 is 10.1. The molecule has 0 radical (unpaired) electrons. The molecule has 0 saturated carbocycles. The molecule has 0 spiro atoms. The van der Waals surface area contributed by atoms with Crippen LogP contribution in [-0.4, -0.2) is 17.3 Å². The van der Waals surface area contributed by atoms with Gasteiger partial charge in [-0.2, -0.15) is 0 Å². The molecule has 1 aliphatic rings. The van der Waals surface area contributed by atoms with E-state index in [2.05, 4.69) is 15.9 Å². The van der Waals surface area contributed by atoms with Crippen LogP contribution >= 0.6 is 39.9 Å². The quantitative estimate of drug-likeness (QED) is 0.477. The fraction of sp³-hybridized carbons (Fsp3) is 0.0526. The Morgan fingerprint density at radius 2 is 1.80 bits per heavy atom. The van der Waals surface area contributed by atoms with E-state index in [0.717, 1.165) is 21.5 Å². The van der Waals surface area contributed by atoms with Gasteiger partial charge in [-0.1, -0.05) is 64.2 Å². The maximum absolute atomic E-state index is 12.6. The highest BCUT2D eigenvalue weighted by molar-refractivity contribution is 9.10. The van der Waals surface area contributed by atoms with Crippen LogP contribution in [0.1, 0.15) is 5.56 Å². The van der Waals surface area contributed by atoms with Gasteiger partial charge in [-0.25, -0.2) is 0 Å². The molecule has 2 aromatic rings. The number of ether oxygens (including phenoxy) is 1. The summed E-state index contributed by atoms with van der Waals surface area (Å²) in [6, 6.07) is 15.2. The van der Waals surface area contributed by atoms with Crippen LogP contribution in [0.25, 0.3) is 6.08 Å². The number of amides is 1. The molecular weight excluding hydrogens is 418 g/mol. The van der Waals surface area contributed by atoms with Gasteiger partial charge >= 0.3 is 0 Å². The molecule has 0 bridgehead atoms. The van der Waals surface area contributed by atoms with Crippen LogP contribution in [0.2, 0.25) is 0 Å². The van der Waals surface area contributed by atoms with Crippen molar-refractivity contribution in [3.05, 3.63) is 75.6 Å². The highest BCUT2D eigenvalue weighted by Crippen LogP contribution is 2.35. The standard InChI is InChI=1S/C19H14BrNO2S2/c1-23-16-11-9-15(10-12-16)21-18(22)17(25-19(21)24)4-2-3-13-5-7-14(20)8-6-13/h2-12H,1H3/b3-2+,17-4+. The van der Waals surface area contributed by atoms with Gasteiger partial charge in [0.25, 0.3) is 5.91 Å². The van der Waals surface area contributed by atoms with E-state index in [1.165, 1.54) is 11.8 Å². The predicted octanol–water partition coefficient (Wildman–Crippen LogP) is 5.42. The van der Waals surface area contributed by atoms with Gasteiger partial charge in [0, 0.05) is 4.47 Å². The average Bonchev–Trinajstić information content (AvgIpc) is 2.90. The zero-order valence-electron chi connectivity index (χ0n) is 13.3. The Bertz CT molecular complexity index is 858. The zero-order valence-corrected chi connectivity index (χ0v) is 16.5. The number of thioether (sulfide) groups is 1. The molecule has 1 aliphatic heterocycles. The van der Waals surface area contributed by atoms with Crippen molar-refractivity contribution >= 4 is 61.9 Å². The topological polar surface area (TPSA) is 29.5 Å². The van der Waals surface area contributed by atoms with Crippen molar-refractivity contribution in [3.8, 4) is 5.75 Å². The number of hydrogen-bond acceptors (Lipinski definition) is 4. The van der Waals surface area contributed by atoms with E-state index in [0.29, 0.717) is 9.23 Å². The number of methoxy groups -OCH3 is 1. The van der Waals surface area contributed by atoms with E-state index in [9.17, 15) is 4.79 Å². The Kier molecular flexibility index (Phi) is 5.73. The Morgan fingerprint density at radius 1 is 1.12 bits per heavy atom. The Hall–Kier alpha value is -1.89. The van der Waals surface area contributed by atoms with Crippen molar-refractivity contribution in [2.45, 2.75) is 0 Å². The van der Waals surface area contributed by atoms with E-state index >= 15 is 0 Å². The van der Waals surface area contributed by atoms with Gasteiger partial charge in [0.05, 0.1) is 17.7 Å². The number of nitrogens with zero attached hydrogens (tertiary/aromatic N) is 1. The third-order valence-electron chi connectivity index (χ3n) is 3.53. The lowest BCUT2D eigenvalue weighted by Crippen LogP contribution is -2.27. The number of allylic oxidation sites excluding steroid dienone is 2. The molecule has 1 saturated heterocycles. The fourth-order valence-electron chi connectivity index (χ4n) is 2.26. The first-order chi connectivity index (χ1) is 12.1. The molecule has 0 unspecified atom stereocenters. The lowest BCUT2D eigenvalue weighted by Gasteiger charge is -2.14. The monoisotopic (exact) mass is 431 g/mol. The third kappa shape index (κ3) is 4.21. The van der Waals surface area contributed by atoms with Crippen molar-refractivity contribution in [1.29, 1.82) is 0 Å². The molecular formula is C19H14BrNO2S2. The maximum Gasteiger partial charge on any atom is 0.270 e. The highest BCUT2D eigenvalue weighted by atomic mass is 79.9. The van der Waals surface area contributed by atoms with E-state index in [1.807, 2.05) is 60.7 Å². The second kappa shape index (κ2) is 7.99. The number of hydrogen-bond donors (Lipinski definition) is 0. The molecule has 0 aliphatic carbocycles. The number of rotatable bonds is 4. The van der Waals surface area contributed by atoms with Crippen LogP contribution in [0.5, 0.6) is 5.75 Å². The van der Waals surface area contributed by atoms with Gasteiger partial charge in [0.2, 0.25) is 0 Å². The van der Waals surface area contributed by atoms with Gasteiger partial charge in [0.1, 0.15) is 5.75 Å². The zero-order chi connectivity index (χ0) is 17.8. The van der Waals surface area contributed by atoms with Gasteiger partial charge in [0.15, 0.2) is 4.32 Å². The van der Waals surface area contributed by atoms with Crippen LogP contribution < -0.4 is 9.64 Å². The summed E-state index contributed by atoms with van der Waals surface area (Å²) in [4.78, 5) is 14.8. The first kappa shape index (κ1) is 17.9. The van der Waals surface area contributed by atoms with Crippen molar-refractivity contribution in [2.75, 3.05) is 12.0 Å². The molecule has 6 heteroatoms. The number of thiocarbonyl (C=S) groups is 1. The van der Waals surface area contributed by atoms with Gasteiger partial charge in [-0.3, -0.25) is 9.69 Å². The Morgan fingerprint density at radius 3 is 2.44 bits per heavy atom. The van der Waals surface area contributed by atoms with E-state index in [-0.39, 0.29) is 5.91 Å². The van der Waals surface area contributed by atoms with Gasteiger partial charge in [-0.05, 0) is 48.0 Å². The van der Waals surface area contributed by atoms with Crippen LogP contribution in [0.3, 0.4) is 0 Å². The minimum atomic E-state index is -0.111. The van der Waals surface area contributed by atoms with Crippen LogP contribution in [0.15, 0.2) is 70.1 Å². The molecule has 1 fully saturated rings. The van der Waals surface area contributed by atoms with Gasteiger partial charge < -0.3 is 4.74 Å². The molecule has 0 N–H and O–H groups in total. The lowest BCUT2D eigenvalue weighted by atomic mass is 10.2. The highest BCUT2D eigenvalue weighted by Gasteiger charge is 2.32. The number of anilines is 1. The summed E-state index contributed by atoms with van der Waals surface area (Å²) in [6.45, 7) is 0. The smallest absolute Gasteiger partial charge is 0.270 e. The number of halogens is 1. The van der Waals surface area contributed by atoms with Crippen molar-refractivity contribution in [1.82, 2.24) is 0 Å². The Balaban J connectivity index is 1.76. The summed E-state index contributed by atoms with van der Waals surface area (Å²) in [6.07, 6.45) is 5.61. The fourth-order valence-corrected chi connectivity index (χ4v) is 3.77. The number of carbonyl (C=O) groups excluding carboxylic acids is 1. The molecule has 3 nitrogen and oxygen atoms in total. The first-order valence-electron chi connectivity index (χ1n) is 7.43. The normalized spacial score (nSPS) is 16.2. The molecule has 2 aromatic carbocycles.